The molecule has 156 valence electrons. The molecule has 0 unspecified atom stereocenters. The first kappa shape index (κ1) is 20.2. The van der Waals surface area contributed by atoms with Crippen LogP contribution in [-0.4, -0.2) is 35.0 Å². The third kappa shape index (κ3) is 4.71. The average Bonchev–Trinajstić information content (AvgIpc) is 3.43. The Morgan fingerprint density at radius 2 is 2.10 bits per heavy atom. The van der Waals surface area contributed by atoms with Gasteiger partial charge in [-0.25, -0.2) is 9.78 Å². The lowest BCUT2D eigenvalue weighted by Crippen LogP contribution is -2.44. The van der Waals surface area contributed by atoms with E-state index in [1.54, 1.807) is 16.2 Å². The van der Waals surface area contributed by atoms with Crippen LogP contribution in [0.2, 0.25) is 0 Å². The summed E-state index contributed by atoms with van der Waals surface area (Å²) in [5.74, 6) is 0.519. The molecule has 7 nitrogen and oxygen atoms in total. The average molecular weight is 426 g/mol. The number of nitrogens with zero attached hydrogens (tertiary/aromatic N) is 2. The van der Waals surface area contributed by atoms with E-state index in [1.165, 1.54) is 0 Å². The second-order valence-electron chi connectivity index (χ2n) is 7.19. The van der Waals surface area contributed by atoms with Gasteiger partial charge in [-0.2, -0.15) is 0 Å². The first-order valence-electron chi connectivity index (χ1n) is 9.88. The first-order valence-corrected chi connectivity index (χ1v) is 10.8. The molecule has 1 aromatic carbocycles. The molecule has 1 fully saturated rings. The van der Waals surface area contributed by atoms with Gasteiger partial charge in [0.2, 0.25) is 5.89 Å². The van der Waals surface area contributed by atoms with E-state index in [9.17, 15) is 9.59 Å². The molecular formula is C22H23N3O4S. The van der Waals surface area contributed by atoms with Crippen molar-refractivity contribution in [3.63, 3.8) is 0 Å². The third-order valence-electron chi connectivity index (χ3n) is 5.04. The molecule has 0 radical (unpaired) electrons. The Morgan fingerprint density at radius 3 is 2.87 bits per heavy atom. The van der Waals surface area contributed by atoms with Crippen LogP contribution in [0.4, 0.5) is 10.5 Å². The molecule has 2 aromatic heterocycles. The number of hydrogen-bond donors (Lipinski definition) is 1. The highest BCUT2D eigenvalue weighted by Gasteiger charge is 2.30. The second-order valence-corrected chi connectivity index (χ2v) is 8.14. The zero-order chi connectivity index (χ0) is 20.9. The zero-order valence-electron chi connectivity index (χ0n) is 16.7. The number of hydrogen-bond acceptors (Lipinski definition) is 6. The Labute approximate surface area is 178 Å². The van der Waals surface area contributed by atoms with E-state index in [0.29, 0.717) is 36.9 Å². The van der Waals surface area contributed by atoms with Crippen molar-refractivity contribution in [3.05, 3.63) is 59.3 Å². The van der Waals surface area contributed by atoms with E-state index in [-0.39, 0.29) is 24.5 Å². The molecule has 3 heterocycles. The fourth-order valence-corrected chi connectivity index (χ4v) is 4.05. The summed E-state index contributed by atoms with van der Waals surface area (Å²) < 4.78 is 11.2. The smallest absolute Gasteiger partial charge is 0.321 e. The van der Waals surface area contributed by atoms with Crippen LogP contribution in [0.15, 0.2) is 52.3 Å². The molecule has 3 aromatic rings. The number of anilines is 1. The quantitative estimate of drug-likeness (QED) is 0.599. The van der Waals surface area contributed by atoms with Gasteiger partial charge in [-0.3, -0.25) is 4.79 Å². The number of piperidine rings is 1. The predicted molar refractivity (Wildman–Crippen MR) is 114 cm³/mol. The van der Waals surface area contributed by atoms with Gasteiger partial charge >= 0.3 is 12.0 Å². The maximum absolute atomic E-state index is 12.6. The molecule has 0 aliphatic carbocycles. The van der Waals surface area contributed by atoms with Gasteiger partial charge in [0.1, 0.15) is 18.1 Å². The zero-order valence-corrected chi connectivity index (χ0v) is 17.5. The predicted octanol–water partition coefficient (Wildman–Crippen LogP) is 4.70. The van der Waals surface area contributed by atoms with Crippen molar-refractivity contribution in [2.75, 3.05) is 18.4 Å². The molecule has 0 saturated carbocycles. The summed E-state index contributed by atoms with van der Waals surface area (Å²) in [5, 5.41) is 4.82. The van der Waals surface area contributed by atoms with Crippen molar-refractivity contribution < 1.29 is 18.7 Å². The molecule has 1 N–H and O–H groups in total. The molecule has 1 aliphatic rings. The SMILES string of the molecule is Cc1oc(-c2cccs2)nc1COC(=O)[C@H]1CCCN(C(=O)Nc2ccccc2)C1. The number of ether oxygens (including phenoxy) is 1. The highest BCUT2D eigenvalue weighted by atomic mass is 32.1. The highest BCUT2D eigenvalue weighted by molar-refractivity contribution is 7.13. The van der Waals surface area contributed by atoms with Gasteiger partial charge in [0.25, 0.3) is 0 Å². The van der Waals surface area contributed by atoms with Crippen molar-refractivity contribution in [3.8, 4) is 10.8 Å². The summed E-state index contributed by atoms with van der Waals surface area (Å²) >= 11 is 1.54. The third-order valence-corrected chi connectivity index (χ3v) is 5.90. The lowest BCUT2D eigenvalue weighted by Gasteiger charge is -2.31. The Hall–Kier alpha value is -3.13. The number of likely N-dealkylation sites (tertiary alicyclic amines) is 1. The number of nitrogens with one attached hydrogen (secondary N) is 1. The fourth-order valence-electron chi connectivity index (χ4n) is 3.40. The Balaban J connectivity index is 1.32. The molecule has 0 spiro atoms. The van der Waals surface area contributed by atoms with Gasteiger partial charge in [0, 0.05) is 18.8 Å². The van der Waals surface area contributed by atoms with Crippen LogP contribution < -0.4 is 5.32 Å². The van der Waals surface area contributed by atoms with Crippen LogP contribution in [0.1, 0.15) is 24.3 Å². The monoisotopic (exact) mass is 425 g/mol. The number of thiophene rings is 1. The Morgan fingerprint density at radius 1 is 1.27 bits per heavy atom. The van der Waals surface area contributed by atoms with E-state index in [4.69, 9.17) is 9.15 Å². The van der Waals surface area contributed by atoms with Crippen LogP contribution >= 0.6 is 11.3 Å². The summed E-state index contributed by atoms with van der Waals surface area (Å²) in [5.41, 5.74) is 1.34. The van der Waals surface area contributed by atoms with Gasteiger partial charge in [-0.1, -0.05) is 24.3 Å². The van der Waals surface area contributed by atoms with Crippen LogP contribution in [0.5, 0.6) is 0 Å². The van der Waals surface area contributed by atoms with Gasteiger partial charge in [0.05, 0.1) is 10.8 Å². The van der Waals surface area contributed by atoms with Gasteiger partial charge in [-0.15, -0.1) is 11.3 Å². The summed E-state index contributed by atoms with van der Waals surface area (Å²) in [4.78, 5) is 32.2. The van der Waals surface area contributed by atoms with Crippen LogP contribution in [0, 0.1) is 12.8 Å². The standard InChI is InChI=1S/C22H23N3O4S/c1-15-18(24-20(29-15)19-10-6-12-30-19)14-28-21(26)16-7-5-11-25(13-16)22(27)23-17-8-3-2-4-9-17/h2-4,6,8-10,12,16H,5,7,11,13-14H2,1H3,(H,23,27)/t16-/m0/s1. The van der Waals surface area contributed by atoms with Crippen LogP contribution in [-0.2, 0) is 16.1 Å². The fraction of sp³-hybridized carbons (Fsp3) is 0.318. The van der Waals surface area contributed by atoms with Crippen LogP contribution in [0.25, 0.3) is 10.8 Å². The molecule has 8 heteroatoms. The number of aromatic nitrogens is 1. The maximum Gasteiger partial charge on any atom is 0.321 e. The van der Waals surface area contributed by atoms with Crippen molar-refractivity contribution in [2.45, 2.75) is 26.4 Å². The lowest BCUT2D eigenvalue weighted by atomic mass is 9.98. The largest absolute Gasteiger partial charge is 0.459 e. The van der Waals surface area contributed by atoms with Crippen molar-refractivity contribution >= 4 is 29.0 Å². The number of rotatable bonds is 5. The number of carbonyl (C=O) groups excluding carboxylic acids is 2. The summed E-state index contributed by atoms with van der Waals surface area (Å²) in [7, 11) is 0. The van der Waals surface area contributed by atoms with E-state index in [2.05, 4.69) is 10.3 Å². The van der Waals surface area contributed by atoms with E-state index in [1.807, 2.05) is 54.8 Å². The molecule has 4 rings (SSSR count). The lowest BCUT2D eigenvalue weighted by molar-refractivity contribution is -0.151. The summed E-state index contributed by atoms with van der Waals surface area (Å²) in [6.07, 6.45) is 1.46. The second kappa shape index (κ2) is 9.13. The Bertz CT molecular complexity index is 1000. The van der Waals surface area contributed by atoms with Gasteiger partial charge < -0.3 is 19.4 Å². The van der Waals surface area contributed by atoms with E-state index < -0.39 is 0 Å². The van der Waals surface area contributed by atoms with Crippen molar-refractivity contribution in [1.82, 2.24) is 9.88 Å². The Kier molecular flexibility index (Phi) is 6.13. The number of esters is 1. The molecule has 0 bridgehead atoms. The number of carbonyl (C=O) groups is 2. The minimum atomic E-state index is -0.343. The minimum Gasteiger partial charge on any atom is -0.459 e. The normalized spacial score (nSPS) is 16.3. The van der Waals surface area contributed by atoms with Crippen molar-refractivity contribution in [1.29, 1.82) is 0 Å². The number of benzene rings is 1. The molecule has 1 atom stereocenters. The van der Waals surface area contributed by atoms with Gasteiger partial charge in [-0.05, 0) is 43.3 Å². The number of urea groups is 1. The molecule has 30 heavy (non-hydrogen) atoms. The van der Waals surface area contributed by atoms with E-state index in [0.717, 1.165) is 17.0 Å². The topological polar surface area (TPSA) is 84.7 Å². The van der Waals surface area contributed by atoms with Gasteiger partial charge in [0.15, 0.2) is 0 Å². The number of para-hydroxylation sites is 1. The number of aryl methyl sites for hydroxylation is 1. The highest BCUT2D eigenvalue weighted by Crippen LogP contribution is 2.26. The number of amides is 2. The van der Waals surface area contributed by atoms with Crippen LogP contribution in [0.3, 0.4) is 0 Å². The summed E-state index contributed by atoms with van der Waals surface area (Å²) in [6, 6.07) is 12.9. The minimum absolute atomic E-state index is 0.0618. The van der Waals surface area contributed by atoms with Crippen molar-refractivity contribution in [2.24, 2.45) is 5.92 Å². The first-order chi connectivity index (χ1) is 14.6. The molecule has 2 amide bonds. The number of oxazole rings is 1. The molecule has 1 aliphatic heterocycles. The van der Waals surface area contributed by atoms with E-state index >= 15 is 0 Å². The summed E-state index contributed by atoms with van der Waals surface area (Å²) in [6.45, 7) is 2.83. The molecule has 1 saturated heterocycles. The molecular weight excluding hydrogens is 402 g/mol. The maximum atomic E-state index is 12.6.